The van der Waals surface area contributed by atoms with Gasteiger partial charge in [-0.15, -0.1) is 9.89 Å². The van der Waals surface area contributed by atoms with Gasteiger partial charge in [0, 0.05) is 26.7 Å². The van der Waals surface area contributed by atoms with Gasteiger partial charge >= 0.3 is 5.97 Å². The smallest absolute Gasteiger partial charge is 0.332 e. The third-order valence-electron chi connectivity index (χ3n) is 8.16. The molecule has 0 fully saturated rings. The number of hydrogen-bond donors (Lipinski definition) is 1. The van der Waals surface area contributed by atoms with Gasteiger partial charge < -0.3 is 19.9 Å². The van der Waals surface area contributed by atoms with E-state index in [1.165, 1.54) is 81.1 Å². The average Bonchev–Trinajstić information content (AvgIpc) is 3.64. The van der Waals surface area contributed by atoms with E-state index in [9.17, 15) is 9.90 Å². The summed E-state index contributed by atoms with van der Waals surface area (Å²) in [5, 5.41) is 24.4. The van der Waals surface area contributed by atoms with E-state index in [0.717, 1.165) is 24.1 Å². The van der Waals surface area contributed by atoms with Gasteiger partial charge in [-0.2, -0.15) is 5.10 Å². The van der Waals surface area contributed by atoms with Crippen LogP contribution in [0.5, 0.6) is 5.75 Å². The minimum absolute atomic E-state index is 0.00898. The summed E-state index contributed by atoms with van der Waals surface area (Å²) in [6, 6.07) is 10.5. The van der Waals surface area contributed by atoms with Crippen molar-refractivity contribution < 1.29 is 19.4 Å². The molecule has 2 heterocycles. The van der Waals surface area contributed by atoms with Crippen molar-refractivity contribution in [1.29, 1.82) is 0 Å². The highest BCUT2D eigenvalue weighted by Gasteiger charge is 2.35. The molecule has 1 aromatic heterocycles. The third-order valence-corrected chi connectivity index (χ3v) is 8.72. The molecule has 0 saturated carbocycles. The molecule has 2 aromatic carbocycles. The summed E-state index contributed by atoms with van der Waals surface area (Å²) in [5.74, 6) is 0.151. The summed E-state index contributed by atoms with van der Waals surface area (Å²) < 4.78 is 10.8. The zero-order chi connectivity index (χ0) is 35.2. The predicted octanol–water partition coefficient (Wildman–Crippen LogP) is 9.34. The van der Waals surface area contributed by atoms with Crippen molar-refractivity contribution in [2.45, 2.75) is 105 Å². The molecule has 0 unspecified atom stereocenters. The number of anilines is 1. The Hall–Kier alpha value is -3.47. The number of benzene rings is 2. The SMILES string of the molecule is CCCCCCCCCCCCCCOC(=O)COCNc1ccc(-c2nc3n(n2)N=C(C(C)(C)C)C3=Nc2cc(Cl)c([O-])c(Cl)c2)cc1. The first-order valence-electron chi connectivity index (χ1n) is 17.5. The van der Waals surface area contributed by atoms with Crippen LogP contribution in [0.3, 0.4) is 0 Å². The van der Waals surface area contributed by atoms with Crippen LogP contribution in [0.4, 0.5) is 11.4 Å². The Kier molecular flexibility index (Phi) is 14.9. The first-order chi connectivity index (χ1) is 23.6. The lowest BCUT2D eigenvalue weighted by atomic mass is 9.87. The normalized spacial score (nSPS) is 13.5. The first kappa shape index (κ1) is 38.3. The zero-order valence-corrected chi connectivity index (χ0v) is 30.7. The van der Waals surface area contributed by atoms with Gasteiger partial charge in [-0.1, -0.05) is 127 Å². The van der Waals surface area contributed by atoms with E-state index in [-0.39, 0.29) is 34.8 Å². The highest BCUT2D eigenvalue weighted by Crippen LogP contribution is 2.35. The number of aliphatic imine (C=N–C) groups is 1. The molecule has 0 radical (unpaired) electrons. The maximum atomic E-state index is 12.0. The Morgan fingerprint density at radius 1 is 0.918 bits per heavy atom. The van der Waals surface area contributed by atoms with Crippen molar-refractivity contribution in [2.75, 3.05) is 25.3 Å². The predicted molar refractivity (Wildman–Crippen MR) is 196 cm³/mol. The number of aromatic nitrogens is 3. The molecule has 1 aliphatic rings. The van der Waals surface area contributed by atoms with E-state index in [1.54, 1.807) is 0 Å². The fourth-order valence-electron chi connectivity index (χ4n) is 5.42. The van der Waals surface area contributed by atoms with Gasteiger partial charge in [-0.3, -0.25) is 0 Å². The van der Waals surface area contributed by atoms with E-state index < -0.39 is 5.75 Å². The lowest BCUT2D eigenvalue weighted by Gasteiger charge is -2.18. The second kappa shape index (κ2) is 19.1. The molecule has 0 amide bonds. The molecule has 49 heavy (non-hydrogen) atoms. The number of ether oxygens (including phenoxy) is 2. The lowest BCUT2D eigenvalue weighted by molar-refractivity contribution is -0.268. The number of esters is 1. The molecule has 1 N–H and O–H groups in total. The number of carbonyl (C=O) groups is 1. The molecular formula is C37H49Cl2N6O4-. The van der Waals surface area contributed by atoms with Gasteiger partial charge in [0.25, 0.3) is 0 Å². The van der Waals surface area contributed by atoms with Gasteiger partial charge in [0.1, 0.15) is 19.0 Å². The lowest BCUT2D eigenvalue weighted by Crippen LogP contribution is -2.27. The van der Waals surface area contributed by atoms with Crippen LogP contribution in [0.2, 0.25) is 10.0 Å². The molecule has 0 saturated heterocycles. The third kappa shape index (κ3) is 11.8. The number of hydrogen-bond acceptors (Lipinski definition) is 9. The van der Waals surface area contributed by atoms with Gasteiger partial charge in [0.05, 0.1) is 18.0 Å². The maximum Gasteiger partial charge on any atom is 0.332 e. The van der Waals surface area contributed by atoms with Crippen LogP contribution in [0.25, 0.3) is 11.4 Å². The number of carbonyl (C=O) groups excluding carboxylic acids is 1. The fraction of sp³-hybridized carbons (Fsp3) is 0.541. The summed E-state index contributed by atoms with van der Waals surface area (Å²) in [5.41, 5.74) is 2.88. The molecule has 4 rings (SSSR count). The number of rotatable bonds is 20. The van der Waals surface area contributed by atoms with Gasteiger partial charge in [-0.05, 0) is 42.8 Å². The largest absolute Gasteiger partial charge is 0.870 e. The number of fused-ring (bicyclic) bond motifs is 1. The van der Waals surface area contributed by atoms with E-state index in [0.29, 0.717) is 35.4 Å². The maximum absolute atomic E-state index is 12.0. The molecule has 266 valence electrons. The Labute approximate surface area is 300 Å². The number of nitrogens with one attached hydrogen (secondary N) is 1. The van der Waals surface area contributed by atoms with Crippen LogP contribution < -0.4 is 10.4 Å². The molecule has 1 aliphatic heterocycles. The Bertz CT molecular complexity index is 1560. The van der Waals surface area contributed by atoms with Crippen molar-refractivity contribution in [2.24, 2.45) is 15.5 Å². The molecular weight excluding hydrogens is 663 g/mol. The van der Waals surface area contributed by atoms with Crippen LogP contribution in [-0.2, 0) is 14.3 Å². The number of halogens is 2. The second-order valence-electron chi connectivity index (χ2n) is 13.4. The fourth-order valence-corrected chi connectivity index (χ4v) is 5.89. The van der Waals surface area contributed by atoms with Crippen molar-refractivity contribution in [3.63, 3.8) is 0 Å². The zero-order valence-electron chi connectivity index (χ0n) is 29.2. The summed E-state index contributed by atoms with van der Waals surface area (Å²) in [6.07, 6.45) is 15.2. The quantitative estimate of drug-likeness (QED) is 0.0703. The molecule has 0 spiro atoms. The van der Waals surface area contributed by atoms with Crippen molar-refractivity contribution in [3.05, 3.63) is 52.3 Å². The molecule has 0 bridgehead atoms. The molecule has 0 aliphatic carbocycles. The highest BCUT2D eigenvalue weighted by atomic mass is 35.5. The molecule has 10 nitrogen and oxygen atoms in total. The van der Waals surface area contributed by atoms with E-state index in [4.69, 9.17) is 42.7 Å². The Morgan fingerprint density at radius 2 is 1.51 bits per heavy atom. The summed E-state index contributed by atoms with van der Waals surface area (Å²) in [4.78, 5) is 23.0. The van der Waals surface area contributed by atoms with E-state index in [2.05, 4.69) is 22.4 Å². The summed E-state index contributed by atoms with van der Waals surface area (Å²) in [7, 11) is 0. The van der Waals surface area contributed by atoms with Crippen LogP contribution in [-0.4, -0.2) is 52.2 Å². The second-order valence-corrected chi connectivity index (χ2v) is 14.2. The summed E-state index contributed by atoms with van der Waals surface area (Å²) in [6.45, 7) is 8.82. The monoisotopic (exact) mass is 711 g/mol. The van der Waals surface area contributed by atoms with Gasteiger partial charge in [0.2, 0.25) is 5.82 Å². The highest BCUT2D eigenvalue weighted by molar-refractivity contribution is 6.50. The standard InChI is InChI=1S/C37H50Cl2N6O4/c1-5-6-7-8-9-10-11-12-13-14-15-16-21-49-31(46)24-48-25-40-27-19-17-26(18-20-27)35-42-36-32(34(37(2,3)4)43-45(36)44-35)41-28-22-29(38)33(47)30(39)23-28/h17-20,22-23,40,47H,5-16,21,24-25H2,1-4H3/p-1. The van der Waals surface area contributed by atoms with E-state index >= 15 is 0 Å². The number of nitrogens with zero attached hydrogens (tertiary/aromatic N) is 5. The molecule has 3 aromatic rings. The minimum atomic E-state index is -0.443. The van der Waals surface area contributed by atoms with Gasteiger partial charge in [0.15, 0.2) is 5.82 Å². The summed E-state index contributed by atoms with van der Waals surface area (Å²) >= 11 is 12.2. The van der Waals surface area contributed by atoms with Gasteiger partial charge in [-0.25, -0.2) is 14.8 Å². The van der Waals surface area contributed by atoms with E-state index in [1.807, 2.05) is 45.0 Å². The van der Waals surface area contributed by atoms with Crippen LogP contribution >= 0.6 is 23.2 Å². The van der Waals surface area contributed by atoms with Crippen LogP contribution in [0, 0.1) is 5.41 Å². The molecule has 0 atom stereocenters. The number of unbranched alkanes of at least 4 members (excludes halogenated alkanes) is 11. The van der Waals surface area contributed by atoms with Crippen molar-refractivity contribution in [1.82, 2.24) is 14.9 Å². The minimum Gasteiger partial charge on any atom is -0.870 e. The Morgan fingerprint density at radius 3 is 2.10 bits per heavy atom. The van der Waals surface area contributed by atoms with Crippen molar-refractivity contribution in [3.8, 4) is 17.1 Å². The topological polar surface area (TPSA) is 126 Å². The first-order valence-corrected chi connectivity index (χ1v) is 18.2. The molecule has 12 heteroatoms. The van der Waals surface area contributed by atoms with Crippen molar-refractivity contribution >= 4 is 52.0 Å². The van der Waals surface area contributed by atoms with Crippen LogP contribution in [0.1, 0.15) is 111 Å². The Balaban J connectivity index is 1.18. The average molecular weight is 713 g/mol. The van der Waals surface area contributed by atoms with Crippen LogP contribution in [0.15, 0.2) is 46.5 Å².